The Morgan fingerprint density at radius 3 is 2.37 bits per heavy atom. The number of amides is 1. The molecule has 1 atom stereocenters. The molecule has 3 aromatic carbocycles. The number of rotatable bonds is 7. The fourth-order valence-corrected chi connectivity index (χ4v) is 5.21. The van der Waals surface area contributed by atoms with E-state index in [2.05, 4.69) is 18.8 Å². The van der Waals surface area contributed by atoms with Crippen LogP contribution in [0.1, 0.15) is 53.6 Å². The molecule has 1 saturated heterocycles. The molecule has 2 heterocycles. The van der Waals surface area contributed by atoms with Gasteiger partial charge in [0.25, 0.3) is 5.78 Å². The van der Waals surface area contributed by atoms with E-state index in [0.29, 0.717) is 29.0 Å². The fourth-order valence-electron chi connectivity index (χ4n) is 4.54. The van der Waals surface area contributed by atoms with Crippen molar-refractivity contribution in [3.05, 3.63) is 118 Å². The highest BCUT2D eigenvalue weighted by atomic mass is 32.1. The lowest BCUT2D eigenvalue weighted by Crippen LogP contribution is -2.29. The van der Waals surface area contributed by atoms with E-state index < -0.39 is 17.7 Å². The third-order valence-electron chi connectivity index (χ3n) is 6.77. The third-order valence-corrected chi connectivity index (χ3v) is 7.54. The van der Waals surface area contributed by atoms with Crippen molar-refractivity contribution in [3.63, 3.8) is 0 Å². The number of aromatic nitrogens is 1. The normalized spacial score (nSPS) is 16.8. The van der Waals surface area contributed by atoms with Crippen LogP contribution in [0.15, 0.2) is 89.9 Å². The van der Waals surface area contributed by atoms with Crippen LogP contribution < -0.4 is 9.64 Å². The highest BCUT2D eigenvalue weighted by Gasteiger charge is 2.47. The number of thiazole rings is 1. The van der Waals surface area contributed by atoms with E-state index in [1.807, 2.05) is 55.5 Å². The Morgan fingerprint density at radius 2 is 1.74 bits per heavy atom. The van der Waals surface area contributed by atoms with Gasteiger partial charge in [0.1, 0.15) is 18.1 Å². The first-order valence-corrected chi connectivity index (χ1v) is 13.3. The van der Waals surface area contributed by atoms with Crippen molar-refractivity contribution in [3.8, 4) is 5.75 Å². The van der Waals surface area contributed by atoms with E-state index in [0.717, 1.165) is 22.3 Å². The van der Waals surface area contributed by atoms with Gasteiger partial charge in [0.05, 0.1) is 11.6 Å². The van der Waals surface area contributed by atoms with Crippen LogP contribution in [-0.4, -0.2) is 21.8 Å². The summed E-state index contributed by atoms with van der Waals surface area (Å²) in [5.41, 5.74) is 4.56. The molecule has 1 unspecified atom stereocenters. The number of aliphatic hydroxyl groups excluding tert-OH is 1. The Bertz CT molecular complexity index is 1490. The minimum Gasteiger partial charge on any atom is -0.507 e. The zero-order valence-corrected chi connectivity index (χ0v) is 22.2. The van der Waals surface area contributed by atoms with Crippen molar-refractivity contribution in [1.29, 1.82) is 0 Å². The van der Waals surface area contributed by atoms with Gasteiger partial charge in [-0.15, -0.1) is 11.3 Å². The van der Waals surface area contributed by atoms with Crippen LogP contribution in [0.2, 0.25) is 0 Å². The minimum absolute atomic E-state index is 0.0380. The van der Waals surface area contributed by atoms with Crippen LogP contribution >= 0.6 is 11.3 Å². The van der Waals surface area contributed by atoms with E-state index in [-0.39, 0.29) is 11.3 Å². The molecule has 192 valence electrons. The van der Waals surface area contributed by atoms with E-state index in [1.54, 1.807) is 35.8 Å². The standard InChI is InChI=1S/C31H28N2O4S/c1-19(2)21-8-10-22(11-9-21)27-26(29(35)30(36)33(27)31-32-16-17-38-31)28(34)23-12-14-25(15-13-23)37-18-24-7-5-4-6-20(24)3/h4-17,19,27,34H,18H2,1-3H3/b28-26+. The molecule has 0 saturated carbocycles. The van der Waals surface area contributed by atoms with Gasteiger partial charge in [-0.3, -0.25) is 14.5 Å². The number of nitrogens with zero attached hydrogens (tertiary/aromatic N) is 2. The molecule has 0 bridgehead atoms. The first-order valence-electron chi connectivity index (χ1n) is 12.4. The summed E-state index contributed by atoms with van der Waals surface area (Å²) in [6, 6.07) is 21.9. The topological polar surface area (TPSA) is 79.7 Å². The average molecular weight is 525 g/mol. The molecule has 5 rings (SSSR count). The second-order valence-electron chi connectivity index (χ2n) is 9.54. The summed E-state index contributed by atoms with van der Waals surface area (Å²) < 4.78 is 5.92. The lowest BCUT2D eigenvalue weighted by molar-refractivity contribution is -0.132. The van der Waals surface area contributed by atoms with Crippen LogP contribution in [0.4, 0.5) is 5.13 Å². The molecule has 1 aliphatic heterocycles. The number of aryl methyl sites for hydroxylation is 1. The van der Waals surface area contributed by atoms with E-state index in [1.165, 1.54) is 16.2 Å². The Hall–Kier alpha value is -4.23. The monoisotopic (exact) mass is 524 g/mol. The van der Waals surface area contributed by atoms with Gasteiger partial charge < -0.3 is 9.84 Å². The Morgan fingerprint density at radius 1 is 1.03 bits per heavy atom. The van der Waals surface area contributed by atoms with Crippen LogP contribution in [-0.2, 0) is 16.2 Å². The molecule has 1 amide bonds. The molecule has 6 nitrogen and oxygen atoms in total. The molecule has 0 radical (unpaired) electrons. The maximum absolute atomic E-state index is 13.3. The van der Waals surface area contributed by atoms with Crippen molar-refractivity contribution in [1.82, 2.24) is 4.98 Å². The molecule has 1 fully saturated rings. The molecule has 0 aliphatic carbocycles. The molecular formula is C31H28N2O4S. The molecular weight excluding hydrogens is 496 g/mol. The van der Waals surface area contributed by atoms with Gasteiger partial charge in [0, 0.05) is 17.1 Å². The molecule has 7 heteroatoms. The summed E-state index contributed by atoms with van der Waals surface area (Å²) in [5, 5.41) is 13.5. The highest BCUT2D eigenvalue weighted by molar-refractivity contribution is 7.14. The van der Waals surface area contributed by atoms with Gasteiger partial charge in [0.2, 0.25) is 0 Å². The van der Waals surface area contributed by atoms with Gasteiger partial charge in [-0.1, -0.05) is 62.4 Å². The number of ketones is 1. The van der Waals surface area contributed by atoms with Gasteiger partial charge in [-0.2, -0.15) is 0 Å². The molecule has 1 aliphatic rings. The number of carbonyl (C=O) groups excluding carboxylic acids is 2. The van der Waals surface area contributed by atoms with Gasteiger partial charge in [-0.25, -0.2) is 4.98 Å². The second-order valence-corrected chi connectivity index (χ2v) is 10.4. The number of benzene rings is 3. The first kappa shape index (κ1) is 25.4. The smallest absolute Gasteiger partial charge is 0.301 e. The second kappa shape index (κ2) is 10.6. The van der Waals surface area contributed by atoms with Crippen molar-refractivity contribution in [2.24, 2.45) is 0 Å². The van der Waals surface area contributed by atoms with Crippen molar-refractivity contribution in [2.45, 2.75) is 39.3 Å². The zero-order chi connectivity index (χ0) is 26.8. The quantitative estimate of drug-likeness (QED) is 0.164. The Labute approximate surface area is 225 Å². The fraction of sp³-hybridized carbons (Fsp3) is 0.194. The van der Waals surface area contributed by atoms with Crippen LogP contribution in [0.25, 0.3) is 5.76 Å². The largest absolute Gasteiger partial charge is 0.507 e. The van der Waals surface area contributed by atoms with E-state index in [9.17, 15) is 14.7 Å². The molecule has 1 N–H and O–H groups in total. The maximum atomic E-state index is 13.3. The van der Waals surface area contributed by atoms with Crippen LogP contribution in [0.3, 0.4) is 0 Å². The summed E-state index contributed by atoms with van der Waals surface area (Å²) in [4.78, 5) is 32.1. The Balaban J connectivity index is 1.50. The predicted octanol–water partition coefficient (Wildman–Crippen LogP) is 6.78. The molecule has 38 heavy (non-hydrogen) atoms. The van der Waals surface area contributed by atoms with Gasteiger partial charge in [-0.05, 0) is 59.4 Å². The zero-order valence-electron chi connectivity index (χ0n) is 21.4. The van der Waals surface area contributed by atoms with Crippen molar-refractivity contribution >= 4 is 33.9 Å². The first-order chi connectivity index (χ1) is 18.3. The van der Waals surface area contributed by atoms with E-state index >= 15 is 0 Å². The minimum atomic E-state index is -0.792. The number of anilines is 1. The Kier molecular flexibility index (Phi) is 7.11. The highest BCUT2D eigenvalue weighted by Crippen LogP contribution is 2.43. The number of carbonyl (C=O) groups is 2. The number of Topliss-reactive ketones (excluding diaryl/α,β-unsaturated/α-hetero) is 1. The predicted molar refractivity (Wildman–Crippen MR) is 149 cm³/mol. The summed E-state index contributed by atoms with van der Waals surface area (Å²) in [5.74, 6) is -0.714. The summed E-state index contributed by atoms with van der Waals surface area (Å²) in [6.07, 6.45) is 1.59. The molecule has 0 spiro atoms. The number of hydrogen-bond donors (Lipinski definition) is 1. The summed E-state index contributed by atoms with van der Waals surface area (Å²) in [6.45, 7) is 6.66. The third kappa shape index (κ3) is 4.85. The van der Waals surface area contributed by atoms with Gasteiger partial charge >= 0.3 is 5.91 Å². The SMILES string of the molecule is Cc1ccccc1COc1ccc(/C(O)=C2\C(=O)C(=O)N(c3nccs3)C2c2ccc(C(C)C)cc2)cc1. The lowest BCUT2D eigenvalue weighted by Gasteiger charge is -2.23. The summed E-state index contributed by atoms with van der Waals surface area (Å²) in [7, 11) is 0. The molecule has 1 aromatic heterocycles. The number of aliphatic hydroxyl groups is 1. The maximum Gasteiger partial charge on any atom is 0.301 e. The molecule has 4 aromatic rings. The van der Waals surface area contributed by atoms with Crippen molar-refractivity contribution < 1.29 is 19.4 Å². The number of hydrogen-bond acceptors (Lipinski definition) is 6. The van der Waals surface area contributed by atoms with Crippen LogP contribution in [0, 0.1) is 6.92 Å². The van der Waals surface area contributed by atoms with Gasteiger partial charge in [0.15, 0.2) is 5.13 Å². The van der Waals surface area contributed by atoms with Crippen molar-refractivity contribution in [2.75, 3.05) is 4.90 Å². The summed E-state index contributed by atoms with van der Waals surface area (Å²) >= 11 is 1.27. The average Bonchev–Trinajstić information content (AvgIpc) is 3.55. The lowest BCUT2D eigenvalue weighted by atomic mass is 9.93. The number of ether oxygens (including phenoxy) is 1. The van der Waals surface area contributed by atoms with E-state index in [4.69, 9.17) is 4.74 Å². The van der Waals surface area contributed by atoms with Crippen LogP contribution in [0.5, 0.6) is 5.75 Å².